The van der Waals surface area contributed by atoms with Gasteiger partial charge in [0.25, 0.3) is 0 Å². The van der Waals surface area contributed by atoms with E-state index in [4.69, 9.17) is 4.74 Å². The molecule has 1 saturated carbocycles. The maximum Gasteiger partial charge on any atom is 0.229 e. The second kappa shape index (κ2) is 5.56. The van der Waals surface area contributed by atoms with Crippen molar-refractivity contribution >= 4 is 11.7 Å². The lowest BCUT2D eigenvalue weighted by Gasteiger charge is -2.05. The van der Waals surface area contributed by atoms with Crippen molar-refractivity contribution in [1.29, 1.82) is 0 Å². The smallest absolute Gasteiger partial charge is 0.229 e. The fourth-order valence-corrected chi connectivity index (χ4v) is 2.53. The zero-order chi connectivity index (χ0) is 14.8. The Bertz CT molecular complexity index is 652. The number of carbonyl (C=O) groups is 1. The number of rotatable bonds is 4. The first-order valence-electron chi connectivity index (χ1n) is 7.05. The molecule has 1 aliphatic rings. The minimum atomic E-state index is 0.0423. The first kappa shape index (κ1) is 13.6. The van der Waals surface area contributed by atoms with E-state index in [1.807, 2.05) is 43.3 Å². The molecular weight excluding hydrogens is 264 g/mol. The first-order valence-corrected chi connectivity index (χ1v) is 7.05. The summed E-state index contributed by atoms with van der Waals surface area (Å²) in [5.41, 5.74) is 2.27. The molecule has 108 valence electrons. The number of nitrogens with one attached hydrogen (secondary N) is 1. The highest BCUT2D eigenvalue weighted by molar-refractivity contribution is 5.94. The van der Waals surface area contributed by atoms with Crippen LogP contribution < -0.4 is 10.1 Å². The van der Waals surface area contributed by atoms with E-state index in [1.54, 1.807) is 13.3 Å². The van der Waals surface area contributed by atoms with E-state index in [0.717, 1.165) is 17.7 Å². The Morgan fingerprint density at radius 3 is 2.71 bits per heavy atom. The van der Waals surface area contributed by atoms with Crippen LogP contribution in [0.3, 0.4) is 0 Å². The third kappa shape index (κ3) is 3.05. The zero-order valence-corrected chi connectivity index (χ0v) is 12.2. The SMILES string of the molecule is COc1ccc(C2CC2C(=O)Nc2cc(C)ccn2)cc1. The second-order valence-corrected chi connectivity index (χ2v) is 5.43. The number of ether oxygens (including phenoxy) is 1. The van der Waals surface area contributed by atoms with E-state index >= 15 is 0 Å². The lowest BCUT2D eigenvalue weighted by Crippen LogP contribution is -2.15. The number of benzene rings is 1. The van der Waals surface area contributed by atoms with Gasteiger partial charge in [-0.15, -0.1) is 0 Å². The van der Waals surface area contributed by atoms with Gasteiger partial charge in [0.2, 0.25) is 5.91 Å². The molecule has 2 unspecified atom stereocenters. The number of carbonyl (C=O) groups excluding carboxylic acids is 1. The van der Waals surface area contributed by atoms with Crippen LogP contribution in [0.25, 0.3) is 0 Å². The number of anilines is 1. The average molecular weight is 282 g/mol. The summed E-state index contributed by atoms with van der Waals surface area (Å²) in [7, 11) is 1.65. The Morgan fingerprint density at radius 1 is 1.29 bits per heavy atom. The molecule has 1 amide bonds. The topological polar surface area (TPSA) is 51.2 Å². The summed E-state index contributed by atoms with van der Waals surface area (Å²) < 4.78 is 5.15. The summed E-state index contributed by atoms with van der Waals surface area (Å²) in [5, 5.41) is 2.89. The van der Waals surface area contributed by atoms with E-state index in [2.05, 4.69) is 10.3 Å². The lowest BCUT2D eigenvalue weighted by molar-refractivity contribution is -0.117. The molecule has 0 saturated heterocycles. The molecule has 4 heteroatoms. The van der Waals surface area contributed by atoms with Crippen LogP contribution in [-0.4, -0.2) is 18.0 Å². The van der Waals surface area contributed by atoms with Gasteiger partial charge in [-0.3, -0.25) is 4.79 Å². The van der Waals surface area contributed by atoms with E-state index < -0.39 is 0 Å². The Balaban J connectivity index is 1.62. The van der Waals surface area contributed by atoms with Gasteiger partial charge in [-0.2, -0.15) is 0 Å². The highest BCUT2D eigenvalue weighted by atomic mass is 16.5. The van der Waals surface area contributed by atoms with E-state index in [1.165, 1.54) is 5.56 Å². The second-order valence-electron chi connectivity index (χ2n) is 5.43. The summed E-state index contributed by atoms with van der Waals surface area (Å²) in [6, 6.07) is 11.7. The van der Waals surface area contributed by atoms with Crippen molar-refractivity contribution < 1.29 is 9.53 Å². The third-order valence-electron chi connectivity index (χ3n) is 3.84. The maximum absolute atomic E-state index is 12.2. The molecule has 0 spiro atoms. The van der Waals surface area contributed by atoms with Crippen molar-refractivity contribution in [2.45, 2.75) is 19.3 Å². The van der Waals surface area contributed by atoms with Crippen molar-refractivity contribution in [3.05, 3.63) is 53.7 Å². The Kier molecular flexibility index (Phi) is 3.60. The molecule has 3 rings (SSSR count). The van der Waals surface area contributed by atoms with Crippen LogP contribution in [0, 0.1) is 12.8 Å². The van der Waals surface area contributed by atoms with Crippen LogP contribution in [0.1, 0.15) is 23.5 Å². The molecule has 1 N–H and O–H groups in total. The molecule has 1 aromatic heterocycles. The number of aromatic nitrogens is 1. The summed E-state index contributed by atoms with van der Waals surface area (Å²) in [6.07, 6.45) is 2.60. The molecule has 0 radical (unpaired) electrons. The van der Waals surface area contributed by atoms with Crippen LogP contribution in [0.4, 0.5) is 5.82 Å². The van der Waals surface area contributed by atoms with Crippen LogP contribution in [0.15, 0.2) is 42.6 Å². The van der Waals surface area contributed by atoms with Crippen LogP contribution in [0.5, 0.6) is 5.75 Å². The lowest BCUT2D eigenvalue weighted by atomic mass is 10.1. The monoisotopic (exact) mass is 282 g/mol. The molecule has 4 nitrogen and oxygen atoms in total. The van der Waals surface area contributed by atoms with Crippen LogP contribution in [-0.2, 0) is 4.79 Å². The van der Waals surface area contributed by atoms with Crippen LogP contribution >= 0.6 is 0 Å². The standard InChI is InChI=1S/C17H18N2O2/c1-11-7-8-18-16(9-11)19-17(20)15-10-14(15)12-3-5-13(21-2)6-4-12/h3-9,14-15H,10H2,1-2H3,(H,18,19,20). The van der Waals surface area contributed by atoms with E-state index in [0.29, 0.717) is 11.7 Å². The van der Waals surface area contributed by atoms with Gasteiger partial charge in [0, 0.05) is 12.1 Å². The van der Waals surface area contributed by atoms with Gasteiger partial charge >= 0.3 is 0 Å². The van der Waals surface area contributed by atoms with Crippen molar-refractivity contribution in [2.24, 2.45) is 5.92 Å². The summed E-state index contributed by atoms with van der Waals surface area (Å²) in [5.74, 6) is 1.86. The fraction of sp³-hybridized carbons (Fsp3) is 0.294. The van der Waals surface area contributed by atoms with Gasteiger partial charge in [0.15, 0.2) is 0 Å². The largest absolute Gasteiger partial charge is 0.497 e. The van der Waals surface area contributed by atoms with E-state index in [-0.39, 0.29) is 11.8 Å². The van der Waals surface area contributed by atoms with E-state index in [9.17, 15) is 4.79 Å². The zero-order valence-electron chi connectivity index (χ0n) is 12.2. The fourth-order valence-electron chi connectivity index (χ4n) is 2.53. The Labute approximate surface area is 124 Å². The normalized spacial score (nSPS) is 19.9. The van der Waals surface area contributed by atoms with Gasteiger partial charge in [0.05, 0.1) is 7.11 Å². The van der Waals surface area contributed by atoms with Gasteiger partial charge in [0.1, 0.15) is 11.6 Å². The molecule has 2 atom stereocenters. The molecule has 0 aliphatic heterocycles. The number of pyridine rings is 1. The number of amides is 1. The van der Waals surface area contributed by atoms with Crippen molar-refractivity contribution in [3.8, 4) is 5.75 Å². The molecule has 1 fully saturated rings. The maximum atomic E-state index is 12.2. The summed E-state index contributed by atoms with van der Waals surface area (Å²) in [4.78, 5) is 16.4. The number of methoxy groups -OCH3 is 1. The minimum Gasteiger partial charge on any atom is -0.497 e. The van der Waals surface area contributed by atoms with Crippen molar-refractivity contribution in [1.82, 2.24) is 4.98 Å². The van der Waals surface area contributed by atoms with Crippen molar-refractivity contribution in [3.63, 3.8) is 0 Å². The highest BCUT2D eigenvalue weighted by Crippen LogP contribution is 2.48. The average Bonchev–Trinajstić information content (AvgIpc) is 3.28. The predicted octanol–water partition coefficient (Wildman–Crippen LogP) is 3.14. The molecule has 1 aliphatic carbocycles. The predicted molar refractivity (Wildman–Crippen MR) is 81.4 cm³/mol. The first-order chi connectivity index (χ1) is 10.2. The third-order valence-corrected chi connectivity index (χ3v) is 3.84. The Hall–Kier alpha value is -2.36. The van der Waals surface area contributed by atoms with Crippen molar-refractivity contribution in [2.75, 3.05) is 12.4 Å². The number of nitrogens with zero attached hydrogens (tertiary/aromatic N) is 1. The number of hydrogen-bond acceptors (Lipinski definition) is 3. The van der Waals surface area contributed by atoms with Gasteiger partial charge in [-0.25, -0.2) is 4.98 Å². The minimum absolute atomic E-state index is 0.0423. The number of aryl methyl sites for hydroxylation is 1. The van der Waals surface area contributed by atoms with Gasteiger partial charge < -0.3 is 10.1 Å². The highest BCUT2D eigenvalue weighted by Gasteiger charge is 2.43. The summed E-state index contributed by atoms with van der Waals surface area (Å²) >= 11 is 0. The molecule has 1 aromatic carbocycles. The molecule has 2 aromatic rings. The molecular formula is C17H18N2O2. The van der Waals surface area contributed by atoms with Crippen LogP contribution in [0.2, 0.25) is 0 Å². The molecule has 21 heavy (non-hydrogen) atoms. The Morgan fingerprint density at radius 2 is 2.05 bits per heavy atom. The molecule has 1 heterocycles. The number of hydrogen-bond donors (Lipinski definition) is 1. The molecule has 0 bridgehead atoms. The quantitative estimate of drug-likeness (QED) is 0.937. The van der Waals surface area contributed by atoms with Gasteiger partial charge in [-0.05, 0) is 54.7 Å². The summed E-state index contributed by atoms with van der Waals surface area (Å²) in [6.45, 7) is 1.98. The van der Waals surface area contributed by atoms with Gasteiger partial charge in [-0.1, -0.05) is 12.1 Å².